The molecule has 0 atom stereocenters. The standard InChI is InChI=1S/C19H18N.C11H20O2.Ir/c1-14(2)13-15-7-9-17(10-8-15)19-18-6-4-3-5-16(18)11-12-20-19;1-8(2)5-10(12)7-11(13)6-9(3)4;/h3-9,11-12,14H,13H2,1-2H3;7-9,12H,5-6H2,1-4H3;/q-1;;/b;10-7-;. The zero-order valence-electron chi connectivity index (χ0n) is 21.3. The fourth-order valence-corrected chi connectivity index (χ4v) is 3.66. The minimum Gasteiger partial charge on any atom is -0.512 e. The summed E-state index contributed by atoms with van der Waals surface area (Å²) in [7, 11) is 0. The van der Waals surface area contributed by atoms with Crippen molar-refractivity contribution in [1.29, 1.82) is 0 Å². The van der Waals surface area contributed by atoms with Crippen molar-refractivity contribution in [1.82, 2.24) is 4.98 Å². The Balaban J connectivity index is 0.000000364. The van der Waals surface area contributed by atoms with Crippen LogP contribution in [0.25, 0.3) is 22.0 Å². The van der Waals surface area contributed by atoms with Gasteiger partial charge in [0.15, 0.2) is 5.78 Å². The molecule has 0 aliphatic rings. The number of pyridine rings is 1. The number of allylic oxidation sites excluding steroid dienone is 2. The fraction of sp³-hybridized carbons (Fsp3) is 0.400. The Morgan fingerprint density at radius 2 is 1.62 bits per heavy atom. The van der Waals surface area contributed by atoms with Crippen molar-refractivity contribution in [2.24, 2.45) is 17.8 Å². The molecular formula is C30H38IrNO2-. The number of hydrogen-bond donors (Lipinski definition) is 1. The fourth-order valence-electron chi connectivity index (χ4n) is 3.66. The van der Waals surface area contributed by atoms with E-state index in [4.69, 9.17) is 0 Å². The maximum atomic E-state index is 11.2. The number of fused-ring (bicyclic) bond motifs is 1. The molecule has 0 aliphatic heterocycles. The van der Waals surface area contributed by atoms with E-state index in [1.165, 1.54) is 22.4 Å². The smallest absolute Gasteiger partial charge is 0.159 e. The van der Waals surface area contributed by atoms with Crippen LogP contribution in [0.2, 0.25) is 0 Å². The zero-order chi connectivity index (χ0) is 24.4. The van der Waals surface area contributed by atoms with Crippen LogP contribution in [-0.2, 0) is 31.3 Å². The number of ketones is 1. The Hall–Kier alpha value is -2.29. The van der Waals surface area contributed by atoms with Crippen LogP contribution in [0.3, 0.4) is 0 Å². The first-order chi connectivity index (χ1) is 15.7. The second-order valence-corrected chi connectivity index (χ2v) is 9.89. The Morgan fingerprint density at radius 1 is 0.941 bits per heavy atom. The molecule has 0 saturated heterocycles. The summed E-state index contributed by atoms with van der Waals surface area (Å²) in [6.07, 6.45) is 5.43. The van der Waals surface area contributed by atoms with E-state index >= 15 is 0 Å². The average Bonchev–Trinajstić information content (AvgIpc) is 2.72. The van der Waals surface area contributed by atoms with Gasteiger partial charge in [0.05, 0.1) is 5.76 Å². The maximum absolute atomic E-state index is 11.2. The number of hydrogen-bond acceptors (Lipinski definition) is 3. The van der Waals surface area contributed by atoms with Gasteiger partial charge in [-0.1, -0.05) is 78.1 Å². The third-order valence-corrected chi connectivity index (χ3v) is 5.00. The van der Waals surface area contributed by atoms with Crippen LogP contribution in [0, 0.1) is 23.8 Å². The summed E-state index contributed by atoms with van der Waals surface area (Å²) in [6.45, 7) is 12.5. The van der Waals surface area contributed by atoms with Crippen LogP contribution in [0.5, 0.6) is 0 Å². The van der Waals surface area contributed by atoms with Gasteiger partial charge in [0.2, 0.25) is 0 Å². The van der Waals surface area contributed by atoms with Gasteiger partial charge < -0.3 is 10.1 Å². The molecule has 0 amide bonds. The van der Waals surface area contributed by atoms with Crippen molar-refractivity contribution < 1.29 is 30.0 Å². The van der Waals surface area contributed by atoms with Crippen molar-refractivity contribution in [2.45, 2.75) is 60.8 Å². The van der Waals surface area contributed by atoms with Gasteiger partial charge in [0.1, 0.15) is 0 Å². The average molecular weight is 637 g/mol. The molecular weight excluding hydrogens is 599 g/mol. The van der Waals surface area contributed by atoms with Crippen molar-refractivity contribution in [2.75, 3.05) is 0 Å². The molecule has 1 N–H and O–H groups in total. The summed E-state index contributed by atoms with van der Waals surface area (Å²) in [4.78, 5) is 15.7. The summed E-state index contributed by atoms with van der Waals surface area (Å²) in [6, 6.07) is 20.2. The van der Waals surface area contributed by atoms with Crippen LogP contribution in [0.4, 0.5) is 0 Å². The van der Waals surface area contributed by atoms with Crippen molar-refractivity contribution in [3.8, 4) is 11.3 Å². The molecule has 3 rings (SSSR count). The Labute approximate surface area is 219 Å². The van der Waals surface area contributed by atoms with Gasteiger partial charge in [-0.25, -0.2) is 0 Å². The number of carbonyl (C=O) groups excluding carboxylic acids is 1. The van der Waals surface area contributed by atoms with Gasteiger partial charge in [0, 0.05) is 45.2 Å². The number of aliphatic hydroxyl groups is 1. The third kappa shape index (κ3) is 10.3. The summed E-state index contributed by atoms with van der Waals surface area (Å²) < 4.78 is 0. The first-order valence-electron chi connectivity index (χ1n) is 11.9. The Kier molecular flexibility index (Phi) is 13.0. The quantitative estimate of drug-likeness (QED) is 0.155. The maximum Gasteiger partial charge on any atom is 0.159 e. The van der Waals surface area contributed by atoms with Gasteiger partial charge in [-0.2, -0.15) is 0 Å². The number of benzene rings is 2. The van der Waals surface area contributed by atoms with E-state index in [-0.39, 0.29) is 31.6 Å². The van der Waals surface area contributed by atoms with Gasteiger partial charge in [-0.05, 0) is 34.4 Å². The Bertz CT molecular complexity index is 1050. The molecule has 2 aromatic carbocycles. The predicted octanol–water partition coefficient (Wildman–Crippen LogP) is 7.99. The van der Waals surface area contributed by atoms with E-state index in [1.807, 2.05) is 40.0 Å². The first kappa shape index (κ1) is 29.7. The topological polar surface area (TPSA) is 50.2 Å². The predicted molar refractivity (Wildman–Crippen MR) is 139 cm³/mol. The number of aromatic nitrogens is 1. The molecule has 1 aromatic heterocycles. The molecule has 1 radical (unpaired) electrons. The summed E-state index contributed by atoms with van der Waals surface area (Å²) >= 11 is 0. The van der Waals surface area contributed by atoms with E-state index < -0.39 is 0 Å². The third-order valence-electron chi connectivity index (χ3n) is 5.00. The second-order valence-electron chi connectivity index (χ2n) is 9.89. The Morgan fingerprint density at radius 3 is 2.21 bits per heavy atom. The molecule has 3 nitrogen and oxygen atoms in total. The summed E-state index contributed by atoms with van der Waals surface area (Å²) in [5.41, 5.74) is 3.41. The molecule has 0 unspecified atom stereocenters. The molecule has 1 heterocycles. The molecule has 4 heteroatoms. The van der Waals surface area contributed by atoms with Gasteiger partial charge in [-0.15, -0.1) is 35.4 Å². The number of carbonyl (C=O) groups is 1. The van der Waals surface area contributed by atoms with Crippen LogP contribution >= 0.6 is 0 Å². The van der Waals surface area contributed by atoms with Crippen molar-refractivity contribution in [3.63, 3.8) is 0 Å². The van der Waals surface area contributed by atoms with Gasteiger partial charge in [0.25, 0.3) is 0 Å². The first-order valence-corrected chi connectivity index (χ1v) is 11.9. The molecule has 0 fully saturated rings. The normalized spacial score (nSPS) is 11.4. The van der Waals surface area contributed by atoms with Crippen LogP contribution in [-0.4, -0.2) is 15.9 Å². The molecule has 0 bridgehead atoms. The number of nitrogens with zero attached hydrogens (tertiary/aromatic N) is 1. The number of rotatable bonds is 8. The van der Waals surface area contributed by atoms with Gasteiger partial charge in [-0.3, -0.25) is 4.79 Å². The van der Waals surface area contributed by atoms with E-state index in [0.717, 1.165) is 17.7 Å². The van der Waals surface area contributed by atoms with Crippen molar-refractivity contribution in [3.05, 3.63) is 78.2 Å². The molecule has 3 aromatic rings. The van der Waals surface area contributed by atoms with Crippen molar-refractivity contribution >= 4 is 16.6 Å². The molecule has 0 spiro atoms. The zero-order valence-corrected chi connectivity index (χ0v) is 23.7. The monoisotopic (exact) mass is 637 g/mol. The van der Waals surface area contributed by atoms with E-state index in [2.05, 4.69) is 67.4 Å². The van der Waals surface area contributed by atoms with Crippen LogP contribution < -0.4 is 0 Å². The van der Waals surface area contributed by atoms with Gasteiger partial charge >= 0.3 is 0 Å². The van der Waals surface area contributed by atoms with Crippen LogP contribution in [0.15, 0.2) is 66.6 Å². The summed E-state index contributed by atoms with van der Waals surface area (Å²) in [5, 5.41) is 11.7. The van der Waals surface area contributed by atoms with E-state index in [1.54, 1.807) is 0 Å². The largest absolute Gasteiger partial charge is 0.512 e. The molecule has 185 valence electrons. The summed E-state index contributed by atoms with van der Waals surface area (Å²) in [5.74, 6) is 1.65. The SMILES string of the molecule is CC(C)CC(=O)/C=C(\O)CC(C)C.CC(C)Cc1c[c-]c(-c2nccc3ccccc23)cc1.[Ir]. The molecule has 0 saturated carbocycles. The van der Waals surface area contributed by atoms with E-state index in [9.17, 15) is 9.90 Å². The number of aliphatic hydroxyl groups excluding tert-OH is 1. The van der Waals surface area contributed by atoms with E-state index in [0.29, 0.717) is 30.6 Å². The van der Waals surface area contributed by atoms with Crippen LogP contribution in [0.1, 0.15) is 59.9 Å². The minimum absolute atomic E-state index is 0. The second kappa shape index (κ2) is 14.9. The molecule has 34 heavy (non-hydrogen) atoms. The minimum atomic E-state index is 0. The molecule has 0 aliphatic carbocycles.